The smallest absolute Gasteiger partial charge is 0.234 e. The molecule has 1 aromatic heterocycles. The Bertz CT molecular complexity index is 1030. The largest absolute Gasteiger partial charge is 0.483 e. The van der Waals surface area contributed by atoms with Crippen molar-refractivity contribution >= 4 is 23.4 Å². The Labute approximate surface area is 188 Å². The van der Waals surface area contributed by atoms with Crippen molar-refractivity contribution in [2.75, 3.05) is 11.1 Å². The Kier molecular flexibility index (Phi) is 7.74. The van der Waals surface area contributed by atoms with Crippen molar-refractivity contribution in [1.82, 2.24) is 14.8 Å². The molecule has 0 saturated heterocycles. The molecule has 3 rings (SSSR count). The number of ether oxygens (including phenoxy) is 1. The van der Waals surface area contributed by atoms with Gasteiger partial charge < -0.3 is 14.6 Å². The Morgan fingerprint density at radius 1 is 1.10 bits per heavy atom. The first kappa shape index (κ1) is 22.9. The molecule has 3 aromatic rings. The maximum atomic E-state index is 12.4. The van der Waals surface area contributed by atoms with Crippen molar-refractivity contribution in [3.8, 4) is 5.75 Å². The van der Waals surface area contributed by atoms with Crippen LogP contribution in [-0.2, 0) is 17.8 Å². The van der Waals surface area contributed by atoms with Crippen molar-refractivity contribution in [3.63, 3.8) is 0 Å². The second-order valence-corrected chi connectivity index (χ2v) is 8.42. The molecular weight excluding hydrogens is 408 g/mol. The number of anilines is 1. The number of thioether (sulfide) groups is 1. The molecule has 0 saturated carbocycles. The zero-order valence-electron chi connectivity index (χ0n) is 18.8. The van der Waals surface area contributed by atoms with Gasteiger partial charge in [-0.05, 0) is 75.1 Å². The number of carbonyl (C=O) groups excluding carboxylic acids is 1. The molecule has 164 valence electrons. The van der Waals surface area contributed by atoms with Crippen molar-refractivity contribution in [1.29, 1.82) is 0 Å². The predicted octanol–water partition coefficient (Wildman–Crippen LogP) is 5.35. The Hall–Kier alpha value is -2.80. The van der Waals surface area contributed by atoms with E-state index in [1.54, 1.807) is 0 Å². The van der Waals surface area contributed by atoms with Crippen LogP contribution in [-0.4, -0.2) is 26.4 Å². The summed E-state index contributed by atoms with van der Waals surface area (Å²) in [6, 6.07) is 14.0. The van der Waals surface area contributed by atoms with Gasteiger partial charge >= 0.3 is 0 Å². The SMILES string of the molecule is CCc1ccc(OC(C)c2nnc(SCC(=O)Nc3ccc(C)c(C)c3)n2CC)cc1. The van der Waals surface area contributed by atoms with Gasteiger partial charge in [-0.25, -0.2) is 0 Å². The molecule has 0 fully saturated rings. The molecule has 0 aliphatic heterocycles. The summed E-state index contributed by atoms with van der Waals surface area (Å²) in [6.45, 7) is 10.9. The summed E-state index contributed by atoms with van der Waals surface area (Å²) in [4.78, 5) is 12.4. The fourth-order valence-electron chi connectivity index (χ4n) is 3.21. The Morgan fingerprint density at radius 2 is 1.84 bits per heavy atom. The molecule has 31 heavy (non-hydrogen) atoms. The third kappa shape index (κ3) is 5.88. The highest BCUT2D eigenvalue weighted by Crippen LogP contribution is 2.25. The summed E-state index contributed by atoms with van der Waals surface area (Å²) in [5.74, 6) is 1.75. The molecule has 1 heterocycles. The summed E-state index contributed by atoms with van der Waals surface area (Å²) < 4.78 is 8.07. The average molecular weight is 439 g/mol. The van der Waals surface area contributed by atoms with Crippen molar-refractivity contribution in [2.45, 2.75) is 58.8 Å². The summed E-state index contributed by atoms with van der Waals surface area (Å²) >= 11 is 1.38. The molecule has 1 unspecified atom stereocenters. The molecule has 0 aliphatic rings. The molecule has 1 amide bonds. The summed E-state index contributed by atoms with van der Waals surface area (Å²) in [5, 5.41) is 12.3. The average Bonchev–Trinajstić information content (AvgIpc) is 3.18. The number of benzene rings is 2. The quantitative estimate of drug-likeness (QED) is 0.456. The maximum absolute atomic E-state index is 12.4. The van der Waals surface area contributed by atoms with Gasteiger partial charge in [0.25, 0.3) is 0 Å². The van der Waals surface area contributed by atoms with Gasteiger partial charge in [0.2, 0.25) is 5.91 Å². The van der Waals surface area contributed by atoms with Crippen molar-refractivity contribution < 1.29 is 9.53 Å². The topological polar surface area (TPSA) is 69.0 Å². The first-order valence-corrected chi connectivity index (χ1v) is 11.6. The van der Waals surface area contributed by atoms with Crippen LogP contribution in [0.2, 0.25) is 0 Å². The van der Waals surface area contributed by atoms with E-state index in [-0.39, 0.29) is 17.8 Å². The highest BCUT2D eigenvalue weighted by Gasteiger charge is 2.19. The molecule has 0 spiro atoms. The molecule has 2 aromatic carbocycles. The monoisotopic (exact) mass is 438 g/mol. The van der Waals surface area contributed by atoms with Gasteiger partial charge in [-0.15, -0.1) is 10.2 Å². The van der Waals surface area contributed by atoms with Crippen LogP contribution in [0, 0.1) is 13.8 Å². The lowest BCUT2D eigenvalue weighted by molar-refractivity contribution is -0.113. The van der Waals surface area contributed by atoms with Gasteiger partial charge in [-0.3, -0.25) is 4.79 Å². The highest BCUT2D eigenvalue weighted by molar-refractivity contribution is 7.99. The number of hydrogen-bond acceptors (Lipinski definition) is 5. The number of aromatic nitrogens is 3. The maximum Gasteiger partial charge on any atom is 0.234 e. The normalized spacial score (nSPS) is 11.9. The number of aryl methyl sites for hydroxylation is 3. The van der Waals surface area contributed by atoms with Gasteiger partial charge in [0.05, 0.1) is 5.75 Å². The molecule has 0 radical (unpaired) electrons. The van der Waals surface area contributed by atoms with Gasteiger partial charge in [-0.2, -0.15) is 0 Å². The summed E-state index contributed by atoms with van der Waals surface area (Å²) in [5.41, 5.74) is 4.43. The van der Waals surface area contributed by atoms with E-state index in [1.807, 2.05) is 55.7 Å². The molecule has 0 bridgehead atoms. The zero-order valence-corrected chi connectivity index (χ0v) is 19.6. The standard InChI is InChI=1S/C24H30N4O2S/c1-6-19-9-12-21(13-10-19)30-18(5)23-26-27-24(28(23)7-2)31-15-22(29)25-20-11-8-16(3)17(4)14-20/h8-14,18H,6-7,15H2,1-5H3,(H,25,29). The van der Waals surface area contributed by atoms with Crippen LogP contribution in [0.15, 0.2) is 47.6 Å². The first-order valence-electron chi connectivity index (χ1n) is 10.6. The number of rotatable bonds is 9. The van der Waals surface area contributed by atoms with Gasteiger partial charge in [-0.1, -0.05) is 36.9 Å². The summed E-state index contributed by atoms with van der Waals surface area (Å²) in [6.07, 6.45) is 0.746. The van der Waals surface area contributed by atoms with E-state index in [0.717, 1.165) is 29.2 Å². The second kappa shape index (κ2) is 10.5. The van der Waals surface area contributed by atoms with Crippen LogP contribution < -0.4 is 10.1 Å². The fourth-order valence-corrected chi connectivity index (χ4v) is 4.02. The second-order valence-electron chi connectivity index (χ2n) is 7.48. The van der Waals surface area contributed by atoms with Crippen LogP contribution in [0.5, 0.6) is 5.75 Å². The summed E-state index contributed by atoms with van der Waals surface area (Å²) in [7, 11) is 0. The van der Waals surface area contributed by atoms with Gasteiger partial charge in [0.1, 0.15) is 5.75 Å². The molecular formula is C24H30N4O2S. The zero-order chi connectivity index (χ0) is 22.4. The van der Waals surface area contributed by atoms with E-state index in [0.29, 0.717) is 11.7 Å². The highest BCUT2D eigenvalue weighted by atomic mass is 32.2. The van der Waals surface area contributed by atoms with E-state index in [2.05, 4.69) is 41.5 Å². The lowest BCUT2D eigenvalue weighted by Gasteiger charge is -2.16. The van der Waals surface area contributed by atoms with Gasteiger partial charge in [0.15, 0.2) is 17.1 Å². The minimum Gasteiger partial charge on any atom is -0.483 e. The predicted molar refractivity (Wildman–Crippen MR) is 126 cm³/mol. The van der Waals surface area contributed by atoms with Gasteiger partial charge in [0, 0.05) is 12.2 Å². The van der Waals surface area contributed by atoms with E-state index >= 15 is 0 Å². The van der Waals surface area contributed by atoms with E-state index in [4.69, 9.17) is 4.74 Å². The number of hydrogen-bond donors (Lipinski definition) is 1. The molecule has 0 aliphatic carbocycles. The number of nitrogens with one attached hydrogen (secondary N) is 1. The van der Waals surface area contributed by atoms with E-state index in [1.165, 1.54) is 22.9 Å². The van der Waals surface area contributed by atoms with Crippen LogP contribution in [0.4, 0.5) is 5.69 Å². The third-order valence-electron chi connectivity index (χ3n) is 5.19. The lowest BCUT2D eigenvalue weighted by Crippen LogP contribution is -2.15. The lowest BCUT2D eigenvalue weighted by atomic mass is 10.1. The third-order valence-corrected chi connectivity index (χ3v) is 6.16. The van der Waals surface area contributed by atoms with Crippen LogP contribution in [0.1, 0.15) is 49.4 Å². The van der Waals surface area contributed by atoms with Crippen LogP contribution in [0.3, 0.4) is 0 Å². The molecule has 1 atom stereocenters. The minimum absolute atomic E-state index is 0.0687. The number of amides is 1. The van der Waals surface area contributed by atoms with Crippen LogP contribution >= 0.6 is 11.8 Å². The Balaban J connectivity index is 1.61. The molecule has 6 nitrogen and oxygen atoms in total. The number of carbonyl (C=O) groups is 1. The Morgan fingerprint density at radius 3 is 2.48 bits per heavy atom. The fraction of sp³-hybridized carbons (Fsp3) is 0.375. The van der Waals surface area contributed by atoms with E-state index < -0.39 is 0 Å². The van der Waals surface area contributed by atoms with Crippen molar-refractivity contribution in [2.24, 2.45) is 0 Å². The van der Waals surface area contributed by atoms with Crippen molar-refractivity contribution in [3.05, 3.63) is 65.0 Å². The first-order chi connectivity index (χ1) is 14.9. The minimum atomic E-state index is -0.251. The van der Waals surface area contributed by atoms with Crippen LogP contribution in [0.25, 0.3) is 0 Å². The molecule has 7 heteroatoms. The molecule has 1 N–H and O–H groups in total. The number of nitrogens with zero attached hydrogens (tertiary/aromatic N) is 3. The van der Waals surface area contributed by atoms with E-state index in [9.17, 15) is 4.79 Å².